The molecule has 0 aliphatic heterocycles. The van der Waals surface area contributed by atoms with Crippen LogP contribution in [0.5, 0.6) is 0 Å². The monoisotopic (exact) mass is 561 g/mol. The molecule has 0 rings (SSSR count). The molecule has 38 heavy (non-hydrogen) atoms. The molecular formula is C32H68NO4P. The van der Waals surface area contributed by atoms with E-state index in [4.69, 9.17) is 9.05 Å². The third kappa shape index (κ3) is 25.1. The van der Waals surface area contributed by atoms with Crippen LogP contribution >= 0.6 is 7.82 Å². The Morgan fingerprint density at radius 3 is 1.34 bits per heavy atom. The van der Waals surface area contributed by atoms with Gasteiger partial charge in [0.2, 0.25) is 0 Å². The molecule has 0 aromatic carbocycles. The van der Waals surface area contributed by atoms with Crippen LogP contribution < -0.4 is 0 Å². The fraction of sp³-hybridized carbons (Fsp3) is 1.00. The van der Waals surface area contributed by atoms with Crippen molar-refractivity contribution in [3.63, 3.8) is 0 Å². The number of phosphoric acid groups is 1. The molecule has 2 unspecified atom stereocenters. The van der Waals surface area contributed by atoms with Crippen molar-refractivity contribution < 1.29 is 18.5 Å². The maximum Gasteiger partial charge on any atom is 0.473 e. The van der Waals surface area contributed by atoms with Crippen LogP contribution in [0.3, 0.4) is 0 Å². The van der Waals surface area contributed by atoms with Crippen LogP contribution in [0.25, 0.3) is 0 Å². The molecule has 0 aromatic heterocycles. The molecular weight excluding hydrogens is 493 g/mol. The highest BCUT2D eigenvalue weighted by Crippen LogP contribution is 2.46. The van der Waals surface area contributed by atoms with Crippen LogP contribution in [0, 0.1) is 0 Å². The molecule has 0 heterocycles. The van der Waals surface area contributed by atoms with Gasteiger partial charge >= 0.3 is 7.82 Å². The van der Waals surface area contributed by atoms with E-state index in [0.29, 0.717) is 6.61 Å². The minimum Gasteiger partial charge on any atom is -0.302 e. The van der Waals surface area contributed by atoms with Crippen LogP contribution in [0.1, 0.15) is 182 Å². The van der Waals surface area contributed by atoms with E-state index in [1.54, 1.807) is 0 Å². The highest BCUT2D eigenvalue weighted by atomic mass is 31.2. The van der Waals surface area contributed by atoms with Crippen molar-refractivity contribution in [2.45, 2.75) is 188 Å². The van der Waals surface area contributed by atoms with Gasteiger partial charge in [0.1, 0.15) is 6.23 Å². The Labute approximate surface area is 238 Å². The van der Waals surface area contributed by atoms with Crippen molar-refractivity contribution in [2.75, 3.05) is 19.7 Å². The summed E-state index contributed by atoms with van der Waals surface area (Å²) >= 11 is 0. The van der Waals surface area contributed by atoms with Crippen LogP contribution in [0.15, 0.2) is 0 Å². The predicted octanol–water partition coefficient (Wildman–Crippen LogP) is 11.2. The first-order valence-electron chi connectivity index (χ1n) is 16.9. The summed E-state index contributed by atoms with van der Waals surface area (Å²) in [5.74, 6) is 0. The van der Waals surface area contributed by atoms with Crippen molar-refractivity contribution in [1.82, 2.24) is 4.90 Å². The summed E-state index contributed by atoms with van der Waals surface area (Å²) in [6.07, 6.45) is 28.6. The second-order valence-corrected chi connectivity index (χ2v) is 12.8. The Kier molecular flexibility index (Phi) is 28.6. The van der Waals surface area contributed by atoms with E-state index >= 15 is 0 Å². The van der Waals surface area contributed by atoms with Crippen molar-refractivity contribution in [1.29, 1.82) is 0 Å². The highest BCUT2D eigenvalue weighted by molar-refractivity contribution is 7.47. The second-order valence-electron chi connectivity index (χ2n) is 11.4. The second kappa shape index (κ2) is 28.6. The van der Waals surface area contributed by atoms with Gasteiger partial charge in [-0.2, -0.15) is 0 Å². The average Bonchev–Trinajstić information content (AvgIpc) is 2.90. The molecule has 5 nitrogen and oxygen atoms in total. The molecule has 0 fully saturated rings. The summed E-state index contributed by atoms with van der Waals surface area (Å²) in [7, 11) is -4.06. The van der Waals surface area contributed by atoms with Crippen molar-refractivity contribution in [3.8, 4) is 0 Å². The van der Waals surface area contributed by atoms with Gasteiger partial charge in [0.05, 0.1) is 6.61 Å². The highest BCUT2D eigenvalue weighted by Gasteiger charge is 2.29. The van der Waals surface area contributed by atoms with Crippen LogP contribution in [0.2, 0.25) is 0 Å². The quantitative estimate of drug-likeness (QED) is 0.0518. The van der Waals surface area contributed by atoms with Crippen LogP contribution in [-0.2, 0) is 13.6 Å². The minimum atomic E-state index is -4.06. The molecule has 2 atom stereocenters. The van der Waals surface area contributed by atoms with E-state index in [1.165, 1.54) is 103 Å². The van der Waals surface area contributed by atoms with Gasteiger partial charge in [0.25, 0.3) is 0 Å². The number of hydrogen-bond acceptors (Lipinski definition) is 4. The van der Waals surface area contributed by atoms with E-state index in [0.717, 1.165) is 64.5 Å². The van der Waals surface area contributed by atoms with Gasteiger partial charge in [0.15, 0.2) is 0 Å². The lowest BCUT2D eigenvalue weighted by Gasteiger charge is -2.32. The number of rotatable bonds is 31. The van der Waals surface area contributed by atoms with Crippen molar-refractivity contribution in [2.24, 2.45) is 0 Å². The first-order chi connectivity index (χ1) is 18.5. The normalized spacial score (nSPS) is 14.3. The standard InChI is InChI=1S/C32H68NO4P/c1-5-9-13-16-18-20-22-25-29-33(30-26-23-21-19-17-14-10-6-2)32(28-12-8-4)37-38(34,35)36-31-27-24-15-11-7-3/h32H,5-31H2,1-4H3,(H,34,35). The Balaban J connectivity index is 4.81. The molecule has 1 N–H and O–H groups in total. The van der Waals surface area contributed by atoms with Crippen LogP contribution in [0.4, 0.5) is 0 Å². The maximum absolute atomic E-state index is 12.9. The number of hydrogen-bond donors (Lipinski definition) is 1. The lowest BCUT2D eigenvalue weighted by Crippen LogP contribution is -2.38. The summed E-state index contributed by atoms with van der Waals surface area (Å²) in [5.41, 5.74) is 0. The summed E-state index contributed by atoms with van der Waals surface area (Å²) in [5, 5.41) is 0. The lowest BCUT2D eigenvalue weighted by atomic mass is 10.1. The molecule has 230 valence electrons. The molecule has 6 heteroatoms. The molecule has 0 aliphatic rings. The van der Waals surface area contributed by atoms with Crippen LogP contribution in [-0.4, -0.2) is 35.7 Å². The summed E-state index contributed by atoms with van der Waals surface area (Å²) in [4.78, 5) is 12.9. The summed E-state index contributed by atoms with van der Waals surface area (Å²) < 4.78 is 24.2. The largest absolute Gasteiger partial charge is 0.473 e. The SMILES string of the molecule is CCCCCCCCCCN(CCCCCCCCCC)C(CCCC)OP(=O)(O)OCCCCCCC. The fourth-order valence-electron chi connectivity index (χ4n) is 5.05. The first-order valence-corrected chi connectivity index (χ1v) is 18.4. The van der Waals surface area contributed by atoms with Gasteiger partial charge in [-0.3, -0.25) is 13.9 Å². The minimum absolute atomic E-state index is 0.300. The van der Waals surface area contributed by atoms with Gasteiger partial charge in [-0.15, -0.1) is 0 Å². The van der Waals surface area contributed by atoms with E-state index < -0.39 is 7.82 Å². The molecule has 0 aromatic rings. The Bertz CT molecular complexity index is 500. The van der Waals surface area contributed by atoms with Crippen molar-refractivity contribution in [3.05, 3.63) is 0 Å². The Hall–Kier alpha value is 0.0700. The molecule has 0 amide bonds. The Morgan fingerprint density at radius 2 is 0.921 bits per heavy atom. The number of unbranched alkanes of at least 4 members (excludes halogenated alkanes) is 19. The predicted molar refractivity (Wildman–Crippen MR) is 166 cm³/mol. The molecule has 0 spiro atoms. The summed E-state index contributed by atoms with van der Waals surface area (Å²) in [6.45, 7) is 11.1. The fourth-order valence-corrected chi connectivity index (χ4v) is 6.01. The van der Waals surface area contributed by atoms with E-state index in [9.17, 15) is 9.46 Å². The van der Waals surface area contributed by atoms with Gasteiger partial charge < -0.3 is 4.89 Å². The topological polar surface area (TPSA) is 59.0 Å². The third-order valence-electron chi connectivity index (χ3n) is 7.57. The zero-order valence-electron chi connectivity index (χ0n) is 26.2. The zero-order chi connectivity index (χ0) is 28.2. The average molecular weight is 562 g/mol. The number of phosphoric ester groups is 1. The van der Waals surface area contributed by atoms with E-state index in [2.05, 4.69) is 32.6 Å². The van der Waals surface area contributed by atoms with E-state index in [-0.39, 0.29) is 6.23 Å². The first kappa shape index (κ1) is 38.1. The van der Waals surface area contributed by atoms with Gasteiger partial charge in [-0.05, 0) is 32.1 Å². The van der Waals surface area contributed by atoms with Gasteiger partial charge in [-0.25, -0.2) is 4.57 Å². The van der Waals surface area contributed by atoms with Crippen molar-refractivity contribution >= 4 is 7.82 Å². The number of nitrogens with zero attached hydrogens (tertiary/aromatic N) is 1. The smallest absolute Gasteiger partial charge is 0.302 e. The Morgan fingerprint density at radius 1 is 0.553 bits per heavy atom. The maximum atomic E-state index is 12.9. The van der Waals surface area contributed by atoms with E-state index in [1.807, 2.05) is 0 Å². The summed E-state index contributed by atoms with van der Waals surface area (Å²) in [6, 6.07) is 0. The van der Waals surface area contributed by atoms with Gasteiger partial charge in [-0.1, -0.05) is 150 Å². The molecule has 0 radical (unpaired) electrons. The lowest BCUT2D eigenvalue weighted by molar-refractivity contribution is -0.0133. The molecule has 0 bridgehead atoms. The third-order valence-corrected chi connectivity index (χ3v) is 8.59. The molecule has 0 saturated carbocycles. The zero-order valence-corrected chi connectivity index (χ0v) is 27.1. The molecule has 0 saturated heterocycles. The van der Waals surface area contributed by atoms with Gasteiger partial charge in [0, 0.05) is 13.1 Å². The molecule has 0 aliphatic carbocycles.